The van der Waals surface area contributed by atoms with Crippen molar-refractivity contribution in [3.63, 3.8) is 0 Å². The molecule has 0 radical (unpaired) electrons. The zero-order chi connectivity index (χ0) is 14.7. The molecule has 21 heavy (non-hydrogen) atoms. The van der Waals surface area contributed by atoms with Crippen LogP contribution in [0.3, 0.4) is 0 Å². The normalized spacial score (nSPS) is 17.9. The number of ether oxygens (including phenoxy) is 1. The van der Waals surface area contributed by atoms with Gasteiger partial charge < -0.3 is 10.1 Å². The van der Waals surface area contributed by atoms with Crippen LogP contribution in [0, 0.1) is 0 Å². The van der Waals surface area contributed by atoms with Gasteiger partial charge in [0.1, 0.15) is 0 Å². The lowest BCUT2D eigenvalue weighted by molar-refractivity contribution is 0.000256. The third kappa shape index (κ3) is 2.88. The van der Waals surface area contributed by atoms with Crippen LogP contribution in [0.4, 0.5) is 0 Å². The molecule has 1 amide bonds. The molecule has 0 aliphatic carbocycles. The van der Waals surface area contributed by atoms with Crippen molar-refractivity contribution in [1.29, 1.82) is 0 Å². The molecule has 0 fully saturated rings. The zero-order valence-electron chi connectivity index (χ0n) is 11.7. The average molecular weight is 279 g/mol. The number of nitrogens with one attached hydrogen (secondary N) is 1. The molecule has 1 aliphatic heterocycles. The van der Waals surface area contributed by atoms with Crippen LogP contribution >= 0.6 is 0 Å². The van der Waals surface area contributed by atoms with E-state index in [-0.39, 0.29) is 12.0 Å². The Morgan fingerprint density at radius 1 is 1.14 bits per heavy atom. The van der Waals surface area contributed by atoms with Gasteiger partial charge in [-0.1, -0.05) is 54.6 Å². The second-order valence-electron chi connectivity index (χ2n) is 5.04. The first-order valence-electron chi connectivity index (χ1n) is 6.99. The van der Waals surface area contributed by atoms with Crippen molar-refractivity contribution in [2.24, 2.45) is 0 Å². The van der Waals surface area contributed by atoms with Gasteiger partial charge in [-0.05, 0) is 11.6 Å². The standard InChI is InChI=1S/C18H17NO2/c1-2-14(12-13-8-4-3-5-9-13)21-18-16-11-7-6-10-15(16)17(20)19-18/h2-11,14,18H,1,12H2,(H,19,20)/t14-,18+/m0/s1. The molecule has 3 heteroatoms. The lowest BCUT2D eigenvalue weighted by atomic mass is 10.1. The van der Waals surface area contributed by atoms with Crippen molar-refractivity contribution < 1.29 is 9.53 Å². The summed E-state index contributed by atoms with van der Waals surface area (Å²) in [5, 5.41) is 2.86. The number of amides is 1. The summed E-state index contributed by atoms with van der Waals surface area (Å²) in [6, 6.07) is 17.6. The zero-order valence-corrected chi connectivity index (χ0v) is 11.7. The molecule has 3 rings (SSSR count). The van der Waals surface area contributed by atoms with Gasteiger partial charge >= 0.3 is 0 Å². The molecular weight excluding hydrogens is 262 g/mol. The fourth-order valence-electron chi connectivity index (χ4n) is 2.52. The Morgan fingerprint density at radius 2 is 1.86 bits per heavy atom. The third-order valence-corrected chi connectivity index (χ3v) is 3.60. The fourth-order valence-corrected chi connectivity index (χ4v) is 2.52. The van der Waals surface area contributed by atoms with E-state index in [1.165, 1.54) is 5.56 Å². The molecule has 2 aromatic carbocycles. The first kappa shape index (κ1) is 13.6. The molecule has 0 bridgehead atoms. The SMILES string of the molecule is C=C[C@@H](Cc1ccccc1)O[C@H]1NC(=O)c2ccccc21. The van der Waals surface area contributed by atoms with Crippen LogP contribution in [0.2, 0.25) is 0 Å². The summed E-state index contributed by atoms with van der Waals surface area (Å²) >= 11 is 0. The average Bonchev–Trinajstić information content (AvgIpc) is 2.84. The Balaban J connectivity index is 1.74. The quantitative estimate of drug-likeness (QED) is 0.853. The molecule has 0 spiro atoms. The van der Waals surface area contributed by atoms with Crippen LogP contribution in [-0.4, -0.2) is 12.0 Å². The van der Waals surface area contributed by atoms with Crippen LogP contribution in [0.25, 0.3) is 0 Å². The molecule has 2 aromatic rings. The van der Waals surface area contributed by atoms with E-state index in [1.807, 2.05) is 42.5 Å². The van der Waals surface area contributed by atoms with Gasteiger partial charge in [-0.2, -0.15) is 0 Å². The number of hydrogen-bond acceptors (Lipinski definition) is 2. The van der Waals surface area contributed by atoms with E-state index in [4.69, 9.17) is 4.74 Å². The number of hydrogen-bond donors (Lipinski definition) is 1. The maximum Gasteiger partial charge on any atom is 0.253 e. The smallest absolute Gasteiger partial charge is 0.253 e. The van der Waals surface area contributed by atoms with E-state index in [1.54, 1.807) is 6.08 Å². The highest BCUT2D eigenvalue weighted by Gasteiger charge is 2.30. The maximum absolute atomic E-state index is 11.9. The minimum absolute atomic E-state index is 0.0851. The summed E-state index contributed by atoms with van der Waals surface area (Å²) in [6.07, 6.45) is 1.96. The fraction of sp³-hybridized carbons (Fsp3) is 0.167. The minimum Gasteiger partial charge on any atom is -0.346 e. The van der Waals surface area contributed by atoms with Crippen molar-refractivity contribution in [2.75, 3.05) is 0 Å². The van der Waals surface area contributed by atoms with Crippen molar-refractivity contribution >= 4 is 5.91 Å². The molecule has 1 heterocycles. The van der Waals surface area contributed by atoms with Crippen LogP contribution in [0.5, 0.6) is 0 Å². The molecule has 0 unspecified atom stereocenters. The number of carbonyl (C=O) groups excluding carboxylic acids is 1. The van der Waals surface area contributed by atoms with E-state index in [9.17, 15) is 4.79 Å². The summed E-state index contributed by atoms with van der Waals surface area (Å²) < 4.78 is 6.01. The van der Waals surface area contributed by atoms with E-state index in [0.29, 0.717) is 5.56 Å². The molecule has 2 atom stereocenters. The van der Waals surface area contributed by atoms with E-state index in [0.717, 1.165) is 12.0 Å². The van der Waals surface area contributed by atoms with Gasteiger partial charge in [0, 0.05) is 17.5 Å². The molecule has 1 aliphatic rings. The largest absolute Gasteiger partial charge is 0.346 e. The maximum atomic E-state index is 11.9. The number of rotatable bonds is 5. The monoisotopic (exact) mass is 279 g/mol. The molecular formula is C18H17NO2. The first-order chi connectivity index (χ1) is 10.3. The van der Waals surface area contributed by atoms with Crippen LogP contribution in [0.15, 0.2) is 67.3 Å². The molecule has 0 aromatic heterocycles. The Morgan fingerprint density at radius 3 is 2.62 bits per heavy atom. The lowest BCUT2D eigenvalue weighted by Gasteiger charge is -2.20. The van der Waals surface area contributed by atoms with Crippen LogP contribution in [-0.2, 0) is 11.2 Å². The Labute approximate surface area is 124 Å². The molecule has 1 N–H and O–H groups in total. The second-order valence-corrected chi connectivity index (χ2v) is 5.04. The van der Waals surface area contributed by atoms with Crippen molar-refractivity contribution in [1.82, 2.24) is 5.32 Å². The van der Waals surface area contributed by atoms with E-state index < -0.39 is 6.23 Å². The van der Waals surface area contributed by atoms with Crippen LogP contribution < -0.4 is 5.32 Å². The number of fused-ring (bicyclic) bond motifs is 1. The highest BCUT2D eigenvalue weighted by molar-refractivity contribution is 5.98. The minimum atomic E-state index is -0.402. The summed E-state index contributed by atoms with van der Waals surface area (Å²) in [6.45, 7) is 3.84. The molecule has 0 saturated carbocycles. The topological polar surface area (TPSA) is 38.3 Å². The van der Waals surface area contributed by atoms with Crippen molar-refractivity contribution in [3.05, 3.63) is 83.9 Å². The summed E-state index contributed by atoms with van der Waals surface area (Å²) in [7, 11) is 0. The van der Waals surface area contributed by atoms with Crippen molar-refractivity contribution in [3.8, 4) is 0 Å². The summed E-state index contributed by atoms with van der Waals surface area (Å²) in [5.41, 5.74) is 2.76. The van der Waals surface area contributed by atoms with Gasteiger partial charge in [-0.15, -0.1) is 6.58 Å². The second kappa shape index (κ2) is 5.94. The van der Waals surface area contributed by atoms with Gasteiger partial charge in [0.05, 0.1) is 6.10 Å². The third-order valence-electron chi connectivity index (χ3n) is 3.60. The number of benzene rings is 2. The Kier molecular flexibility index (Phi) is 3.84. The Bertz CT molecular complexity index is 651. The van der Waals surface area contributed by atoms with E-state index in [2.05, 4.69) is 24.0 Å². The van der Waals surface area contributed by atoms with Gasteiger partial charge in [-0.3, -0.25) is 4.79 Å². The van der Waals surface area contributed by atoms with Crippen molar-refractivity contribution in [2.45, 2.75) is 18.8 Å². The molecule has 3 nitrogen and oxygen atoms in total. The predicted molar refractivity (Wildman–Crippen MR) is 81.9 cm³/mol. The van der Waals surface area contributed by atoms with Gasteiger partial charge in [0.2, 0.25) is 0 Å². The highest BCUT2D eigenvalue weighted by atomic mass is 16.5. The lowest BCUT2D eigenvalue weighted by Crippen LogP contribution is -2.26. The molecule has 106 valence electrons. The van der Waals surface area contributed by atoms with Crippen LogP contribution in [0.1, 0.15) is 27.7 Å². The van der Waals surface area contributed by atoms with Gasteiger partial charge in [0.25, 0.3) is 5.91 Å². The van der Waals surface area contributed by atoms with Gasteiger partial charge in [0.15, 0.2) is 6.23 Å². The predicted octanol–water partition coefficient (Wildman–Crippen LogP) is 3.24. The molecule has 0 saturated heterocycles. The summed E-state index contributed by atoms with van der Waals surface area (Å²) in [4.78, 5) is 11.9. The first-order valence-corrected chi connectivity index (χ1v) is 6.99. The van der Waals surface area contributed by atoms with E-state index >= 15 is 0 Å². The Hall–Kier alpha value is -2.39. The highest BCUT2D eigenvalue weighted by Crippen LogP contribution is 2.27. The summed E-state index contributed by atoms with van der Waals surface area (Å²) in [5.74, 6) is -0.0851. The number of carbonyl (C=O) groups is 1. The van der Waals surface area contributed by atoms with Gasteiger partial charge in [-0.25, -0.2) is 0 Å².